The number of anilines is 2. The molecule has 0 saturated heterocycles. The fourth-order valence-corrected chi connectivity index (χ4v) is 3.00. The first-order chi connectivity index (χ1) is 13.2. The van der Waals surface area contributed by atoms with Crippen LogP contribution >= 0.6 is 12.4 Å². The van der Waals surface area contributed by atoms with Gasteiger partial charge >= 0.3 is 0 Å². The molecule has 7 heteroatoms. The predicted molar refractivity (Wildman–Crippen MR) is 116 cm³/mol. The lowest BCUT2D eigenvalue weighted by atomic mass is 10.1. The summed E-state index contributed by atoms with van der Waals surface area (Å²) in [5.41, 5.74) is 4.48. The molecule has 2 heterocycles. The quantitative estimate of drug-likeness (QED) is 0.509. The smallest absolute Gasteiger partial charge is 0.226 e. The van der Waals surface area contributed by atoms with E-state index in [0.29, 0.717) is 19.0 Å². The highest BCUT2D eigenvalue weighted by molar-refractivity contribution is 5.87. The molecule has 6 nitrogen and oxygen atoms in total. The Morgan fingerprint density at radius 3 is 2.43 bits per heavy atom. The van der Waals surface area contributed by atoms with Gasteiger partial charge in [-0.1, -0.05) is 54.6 Å². The fourth-order valence-electron chi connectivity index (χ4n) is 3.00. The molecule has 144 valence electrons. The first-order valence-electron chi connectivity index (χ1n) is 8.96. The lowest BCUT2D eigenvalue weighted by molar-refractivity contribution is 0.785. The average Bonchev–Trinajstić information content (AvgIpc) is 3.07. The Labute approximate surface area is 170 Å². The molecular formula is C21H23ClN6. The van der Waals surface area contributed by atoms with E-state index in [-0.39, 0.29) is 12.4 Å². The summed E-state index contributed by atoms with van der Waals surface area (Å²) >= 11 is 0. The summed E-state index contributed by atoms with van der Waals surface area (Å²) < 4.78 is 1.77. The fraction of sp³-hybridized carbons (Fsp3) is 0.190. The highest BCUT2D eigenvalue weighted by atomic mass is 35.5. The second kappa shape index (κ2) is 8.71. The number of benzene rings is 2. The number of aromatic nitrogens is 4. The van der Waals surface area contributed by atoms with Gasteiger partial charge in [-0.25, -0.2) is 0 Å². The van der Waals surface area contributed by atoms with Crippen LogP contribution in [0.15, 0.2) is 60.8 Å². The van der Waals surface area contributed by atoms with Crippen LogP contribution in [0.1, 0.15) is 16.7 Å². The van der Waals surface area contributed by atoms with E-state index in [0.717, 1.165) is 16.9 Å². The third-order valence-electron chi connectivity index (χ3n) is 4.59. The minimum Gasteiger partial charge on any atom is -0.365 e. The van der Waals surface area contributed by atoms with E-state index >= 15 is 0 Å². The van der Waals surface area contributed by atoms with Gasteiger partial charge in [0.05, 0.1) is 11.6 Å². The summed E-state index contributed by atoms with van der Waals surface area (Å²) in [4.78, 5) is 9.31. The SMILES string of the molecule is Cc1ccccc1CNc1nc(NCc2ccccc2)nc2c1cnn2C.Cl. The summed E-state index contributed by atoms with van der Waals surface area (Å²) in [6.45, 7) is 3.48. The molecule has 0 atom stereocenters. The zero-order chi connectivity index (χ0) is 18.6. The van der Waals surface area contributed by atoms with Gasteiger partial charge in [0.1, 0.15) is 5.82 Å². The topological polar surface area (TPSA) is 67.7 Å². The molecular weight excluding hydrogens is 372 g/mol. The van der Waals surface area contributed by atoms with Crippen molar-refractivity contribution in [2.45, 2.75) is 20.0 Å². The molecule has 4 rings (SSSR count). The Morgan fingerprint density at radius 1 is 0.893 bits per heavy atom. The third-order valence-corrected chi connectivity index (χ3v) is 4.59. The van der Waals surface area contributed by atoms with Crippen molar-refractivity contribution in [2.24, 2.45) is 7.05 Å². The third kappa shape index (κ3) is 4.23. The van der Waals surface area contributed by atoms with Gasteiger partial charge in [0.25, 0.3) is 0 Å². The van der Waals surface area contributed by atoms with Crippen LogP contribution in [0.4, 0.5) is 11.8 Å². The number of rotatable bonds is 6. The molecule has 0 bridgehead atoms. The summed E-state index contributed by atoms with van der Waals surface area (Å²) in [6, 6.07) is 18.6. The van der Waals surface area contributed by atoms with Gasteiger partial charge in [-0.15, -0.1) is 12.4 Å². The molecule has 2 aromatic carbocycles. The summed E-state index contributed by atoms with van der Waals surface area (Å²) in [5.74, 6) is 1.37. The van der Waals surface area contributed by atoms with Crippen LogP contribution in [0, 0.1) is 6.92 Å². The number of hydrogen-bond acceptors (Lipinski definition) is 5. The molecule has 0 aliphatic heterocycles. The van der Waals surface area contributed by atoms with E-state index in [1.54, 1.807) is 10.9 Å². The van der Waals surface area contributed by atoms with Gasteiger partial charge < -0.3 is 10.6 Å². The minimum absolute atomic E-state index is 0. The molecule has 0 spiro atoms. The van der Waals surface area contributed by atoms with Crippen LogP contribution in [0.25, 0.3) is 11.0 Å². The Morgan fingerprint density at radius 2 is 1.64 bits per heavy atom. The molecule has 2 aromatic heterocycles. The molecule has 0 aliphatic rings. The van der Waals surface area contributed by atoms with Gasteiger partial charge in [0.15, 0.2) is 5.65 Å². The maximum Gasteiger partial charge on any atom is 0.226 e. The number of nitrogens with one attached hydrogen (secondary N) is 2. The largest absolute Gasteiger partial charge is 0.365 e. The van der Waals surface area contributed by atoms with Crippen molar-refractivity contribution in [3.8, 4) is 0 Å². The zero-order valence-electron chi connectivity index (χ0n) is 15.9. The van der Waals surface area contributed by atoms with E-state index in [4.69, 9.17) is 0 Å². The lowest BCUT2D eigenvalue weighted by Gasteiger charge is -2.11. The van der Waals surface area contributed by atoms with Gasteiger partial charge in [0, 0.05) is 20.1 Å². The standard InChI is InChI=1S/C21H22N6.ClH/c1-15-8-6-7-11-17(15)13-22-19-18-14-24-27(2)20(18)26-21(25-19)23-12-16-9-4-3-5-10-16;/h3-11,14H,12-13H2,1-2H3,(H2,22,23,25,26);1H. The van der Waals surface area contributed by atoms with Gasteiger partial charge in [-0.05, 0) is 23.6 Å². The Hall–Kier alpha value is -3.12. The first-order valence-corrected chi connectivity index (χ1v) is 8.96. The predicted octanol–water partition coefficient (Wildman–Crippen LogP) is 4.32. The Kier molecular flexibility index (Phi) is 6.11. The molecule has 0 unspecified atom stereocenters. The number of hydrogen-bond donors (Lipinski definition) is 2. The van der Waals surface area contributed by atoms with Crippen LogP contribution < -0.4 is 10.6 Å². The van der Waals surface area contributed by atoms with Crippen LogP contribution in [0.2, 0.25) is 0 Å². The molecule has 0 fully saturated rings. The van der Waals surface area contributed by atoms with Crippen LogP contribution in [-0.4, -0.2) is 19.7 Å². The summed E-state index contributed by atoms with van der Waals surface area (Å²) in [7, 11) is 1.89. The van der Waals surface area contributed by atoms with Crippen molar-refractivity contribution in [2.75, 3.05) is 10.6 Å². The highest BCUT2D eigenvalue weighted by Gasteiger charge is 2.12. The molecule has 2 N–H and O–H groups in total. The average molecular weight is 395 g/mol. The summed E-state index contributed by atoms with van der Waals surface area (Å²) in [5, 5.41) is 12.0. The second-order valence-corrected chi connectivity index (χ2v) is 6.52. The van der Waals surface area contributed by atoms with Crippen molar-refractivity contribution >= 4 is 35.2 Å². The Bertz CT molecular complexity index is 1060. The van der Waals surface area contributed by atoms with E-state index in [1.165, 1.54) is 16.7 Å². The first kappa shape index (κ1) is 19.6. The van der Waals surface area contributed by atoms with E-state index < -0.39 is 0 Å². The van der Waals surface area contributed by atoms with Crippen molar-refractivity contribution < 1.29 is 0 Å². The van der Waals surface area contributed by atoms with E-state index in [9.17, 15) is 0 Å². The number of halogens is 1. The van der Waals surface area contributed by atoms with Crippen molar-refractivity contribution in [3.63, 3.8) is 0 Å². The summed E-state index contributed by atoms with van der Waals surface area (Å²) in [6.07, 6.45) is 1.80. The number of aryl methyl sites for hydroxylation is 2. The van der Waals surface area contributed by atoms with Gasteiger partial charge in [-0.3, -0.25) is 4.68 Å². The van der Waals surface area contributed by atoms with Gasteiger partial charge in [0.2, 0.25) is 5.95 Å². The van der Waals surface area contributed by atoms with Gasteiger partial charge in [-0.2, -0.15) is 15.1 Å². The second-order valence-electron chi connectivity index (χ2n) is 6.52. The highest BCUT2D eigenvalue weighted by Crippen LogP contribution is 2.22. The number of fused-ring (bicyclic) bond motifs is 1. The molecule has 0 saturated carbocycles. The van der Waals surface area contributed by atoms with Crippen LogP contribution in [-0.2, 0) is 20.1 Å². The van der Waals surface area contributed by atoms with Crippen LogP contribution in [0.5, 0.6) is 0 Å². The molecule has 28 heavy (non-hydrogen) atoms. The zero-order valence-corrected chi connectivity index (χ0v) is 16.7. The molecule has 0 amide bonds. The molecule has 0 radical (unpaired) electrons. The van der Waals surface area contributed by atoms with Crippen molar-refractivity contribution in [1.29, 1.82) is 0 Å². The van der Waals surface area contributed by atoms with Crippen LogP contribution in [0.3, 0.4) is 0 Å². The minimum atomic E-state index is 0. The molecule has 0 aliphatic carbocycles. The maximum absolute atomic E-state index is 4.69. The van der Waals surface area contributed by atoms with Crippen molar-refractivity contribution in [3.05, 3.63) is 77.5 Å². The Balaban J connectivity index is 0.00000225. The molecule has 4 aromatic rings. The lowest BCUT2D eigenvalue weighted by Crippen LogP contribution is -2.09. The monoisotopic (exact) mass is 394 g/mol. The number of nitrogens with zero attached hydrogens (tertiary/aromatic N) is 4. The van der Waals surface area contributed by atoms with E-state index in [2.05, 4.69) is 69.0 Å². The van der Waals surface area contributed by atoms with Crippen molar-refractivity contribution in [1.82, 2.24) is 19.7 Å². The normalized spacial score (nSPS) is 10.5. The van der Waals surface area contributed by atoms with E-state index in [1.807, 2.05) is 25.2 Å². The maximum atomic E-state index is 4.69.